The molecule has 0 amide bonds. The first-order valence-electron chi connectivity index (χ1n) is 5.00. The van der Waals surface area contributed by atoms with Gasteiger partial charge in [0.25, 0.3) is 0 Å². The van der Waals surface area contributed by atoms with Gasteiger partial charge in [-0.1, -0.05) is 13.8 Å². The van der Waals surface area contributed by atoms with E-state index in [2.05, 4.69) is 19.9 Å². The van der Waals surface area contributed by atoms with Crippen LogP contribution in [0.25, 0.3) is 0 Å². The summed E-state index contributed by atoms with van der Waals surface area (Å²) in [5.74, 6) is 0. The molecule has 1 aromatic rings. The molecular formula is C11H17NOS. The van der Waals surface area contributed by atoms with Gasteiger partial charge < -0.3 is 10.8 Å². The molecule has 1 atom stereocenters. The fourth-order valence-electron chi connectivity index (χ4n) is 2.23. The first kappa shape index (κ1) is 10.1. The third-order valence-corrected chi connectivity index (χ3v) is 4.66. The first-order valence-corrected chi connectivity index (χ1v) is 5.88. The molecular weight excluding hydrogens is 194 g/mol. The van der Waals surface area contributed by atoms with Gasteiger partial charge in [-0.15, -0.1) is 11.3 Å². The Labute approximate surface area is 88.8 Å². The fourth-order valence-corrected chi connectivity index (χ4v) is 3.47. The monoisotopic (exact) mass is 211 g/mol. The van der Waals surface area contributed by atoms with Gasteiger partial charge in [0.1, 0.15) is 5.60 Å². The van der Waals surface area contributed by atoms with Gasteiger partial charge in [-0.05, 0) is 29.9 Å². The van der Waals surface area contributed by atoms with Crippen LogP contribution in [-0.2, 0) is 12.0 Å². The van der Waals surface area contributed by atoms with Gasteiger partial charge in [-0.25, -0.2) is 0 Å². The second kappa shape index (κ2) is 3.05. The van der Waals surface area contributed by atoms with Crippen molar-refractivity contribution < 1.29 is 5.11 Å². The van der Waals surface area contributed by atoms with Crippen LogP contribution in [0, 0.1) is 5.41 Å². The lowest BCUT2D eigenvalue weighted by Gasteiger charge is -2.45. The normalized spacial score (nSPS) is 30.0. The van der Waals surface area contributed by atoms with E-state index in [4.69, 9.17) is 5.73 Å². The van der Waals surface area contributed by atoms with E-state index in [9.17, 15) is 5.11 Å². The first-order chi connectivity index (χ1) is 6.51. The van der Waals surface area contributed by atoms with E-state index in [0.717, 1.165) is 17.7 Å². The maximum atomic E-state index is 10.6. The predicted molar refractivity (Wildman–Crippen MR) is 59.4 cm³/mol. The van der Waals surface area contributed by atoms with Crippen LogP contribution in [0.15, 0.2) is 11.4 Å². The number of fused-ring (bicyclic) bond motifs is 1. The molecule has 0 radical (unpaired) electrons. The maximum Gasteiger partial charge on any atom is 0.116 e. The molecule has 1 aromatic heterocycles. The standard InChI is InChI=1S/C11H17NOS/c1-10(2)5-3-8-4-6-14-9(8)11(10,13)7-12/h4,6,13H,3,5,7,12H2,1-2H3. The lowest BCUT2D eigenvalue weighted by Crippen LogP contribution is -2.50. The summed E-state index contributed by atoms with van der Waals surface area (Å²) in [6.45, 7) is 4.51. The van der Waals surface area contributed by atoms with Crippen molar-refractivity contribution in [1.82, 2.24) is 0 Å². The Bertz CT molecular complexity index is 345. The van der Waals surface area contributed by atoms with Gasteiger partial charge in [0.2, 0.25) is 0 Å². The summed E-state index contributed by atoms with van der Waals surface area (Å²) >= 11 is 1.63. The highest BCUT2D eigenvalue weighted by Crippen LogP contribution is 2.49. The Morgan fingerprint density at radius 1 is 1.57 bits per heavy atom. The van der Waals surface area contributed by atoms with Gasteiger partial charge >= 0.3 is 0 Å². The third-order valence-electron chi connectivity index (χ3n) is 3.56. The minimum atomic E-state index is -0.825. The molecule has 0 aliphatic heterocycles. The van der Waals surface area contributed by atoms with Crippen molar-refractivity contribution in [3.05, 3.63) is 21.9 Å². The van der Waals surface area contributed by atoms with E-state index < -0.39 is 5.60 Å². The zero-order chi connectivity index (χ0) is 10.4. The van der Waals surface area contributed by atoms with E-state index in [1.165, 1.54) is 5.56 Å². The van der Waals surface area contributed by atoms with Crippen LogP contribution in [-0.4, -0.2) is 11.7 Å². The largest absolute Gasteiger partial charge is 0.382 e. The molecule has 0 fully saturated rings. The maximum absolute atomic E-state index is 10.6. The number of hydrogen-bond acceptors (Lipinski definition) is 3. The smallest absolute Gasteiger partial charge is 0.116 e. The van der Waals surface area contributed by atoms with Crippen LogP contribution in [0.1, 0.15) is 30.7 Å². The molecule has 0 spiro atoms. The quantitative estimate of drug-likeness (QED) is 0.745. The third kappa shape index (κ3) is 1.16. The van der Waals surface area contributed by atoms with Gasteiger partial charge in [-0.3, -0.25) is 0 Å². The molecule has 1 heterocycles. The van der Waals surface area contributed by atoms with Crippen LogP contribution in [0.5, 0.6) is 0 Å². The van der Waals surface area contributed by atoms with Crippen molar-refractivity contribution in [3.8, 4) is 0 Å². The highest BCUT2D eigenvalue weighted by atomic mass is 32.1. The predicted octanol–water partition coefficient (Wildman–Crippen LogP) is 1.87. The molecule has 78 valence electrons. The molecule has 1 unspecified atom stereocenters. The molecule has 1 aliphatic carbocycles. The van der Waals surface area contributed by atoms with E-state index in [-0.39, 0.29) is 5.41 Å². The second-order valence-electron chi connectivity index (χ2n) is 4.72. The topological polar surface area (TPSA) is 46.2 Å². The van der Waals surface area contributed by atoms with Crippen molar-refractivity contribution in [2.24, 2.45) is 11.1 Å². The van der Waals surface area contributed by atoms with Crippen LogP contribution < -0.4 is 5.73 Å². The lowest BCUT2D eigenvalue weighted by atomic mass is 9.66. The number of aryl methyl sites for hydroxylation is 1. The zero-order valence-corrected chi connectivity index (χ0v) is 9.53. The van der Waals surface area contributed by atoms with Crippen LogP contribution in [0.2, 0.25) is 0 Å². The van der Waals surface area contributed by atoms with Crippen molar-refractivity contribution in [1.29, 1.82) is 0 Å². The average Bonchev–Trinajstić information content (AvgIpc) is 2.60. The highest BCUT2D eigenvalue weighted by Gasteiger charge is 2.48. The highest BCUT2D eigenvalue weighted by molar-refractivity contribution is 7.10. The number of thiophene rings is 1. The zero-order valence-electron chi connectivity index (χ0n) is 8.71. The minimum Gasteiger partial charge on any atom is -0.382 e. The molecule has 1 aliphatic rings. The van der Waals surface area contributed by atoms with Crippen LogP contribution in [0.3, 0.4) is 0 Å². The van der Waals surface area contributed by atoms with Crippen molar-refractivity contribution >= 4 is 11.3 Å². The lowest BCUT2D eigenvalue weighted by molar-refractivity contribution is -0.0741. The minimum absolute atomic E-state index is 0.112. The fraction of sp³-hybridized carbons (Fsp3) is 0.636. The molecule has 3 N–H and O–H groups in total. The van der Waals surface area contributed by atoms with Gasteiger partial charge in [0.05, 0.1) is 0 Å². The number of aliphatic hydroxyl groups is 1. The molecule has 0 bridgehead atoms. The molecule has 2 nitrogen and oxygen atoms in total. The van der Waals surface area contributed by atoms with E-state index in [1.807, 2.05) is 5.38 Å². The van der Waals surface area contributed by atoms with Crippen molar-refractivity contribution in [2.45, 2.75) is 32.3 Å². The number of rotatable bonds is 1. The van der Waals surface area contributed by atoms with Gasteiger partial charge in [-0.2, -0.15) is 0 Å². The summed E-state index contributed by atoms with van der Waals surface area (Å²) in [6, 6.07) is 2.11. The Hall–Kier alpha value is -0.380. The Morgan fingerprint density at radius 3 is 2.93 bits per heavy atom. The molecule has 0 aromatic carbocycles. The summed E-state index contributed by atoms with van der Waals surface area (Å²) in [5.41, 5.74) is 6.09. The molecule has 0 saturated heterocycles. The van der Waals surface area contributed by atoms with Crippen molar-refractivity contribution in [3.63, 3.8) is 0 Å². The Balaban J connectivity index is 2.55. The number of nitrogens with two attached hydrogens (primary N) is 1. The van der Waals surface area contributed by atoms with Gasteiger partial charge in [0, 0.05) is 16.8 Å². The molecule has 14 heavy (non-hydrogen) atoms. The van der Waals surface area contributed by atoms with Crippen LogP contribution in [0.4, 0.5) is 0 Å². The van der Waals surface area contributed by atoms with E-state index >= 15 is 0 Å². The molecule has 0 saturated carbocycles. The van der Waals surface area contributed by atoms with E-state index in [1.54, 1.807) is 11.3 Å². The average molecular weight is 211 g/mol. The summed E-state index contributed by atoms with van der Waals surface area (Å²) in [4.78, 5) is 1.08. The number of hydrogen-bond donors (Lipinski definition) is 2. The van der Waals surface area contributed by atoms with Crippen molar-refractivity contribution in [2.75, 3.05) is 6.54 Å². The van der Waals surface area contributed by atoms with Crippen LogP contribution >= 0.6 is 11.3 Å². The SMILES string of the molecule is CC1(C)CCc2ccsc2C1(O)CN. The van der Waals surface area contributed by atoms with E-state index in [0.29, 0.717) is 6.54 Å². The summed E-state index contributed by atoms with van der Waals surface area (Å²) in [6.07, 6.45) is 2.07. The summed E-state index contributed by atoms with van der Waals surface area (Å²) < 4.78 is 0. The molecule has 2 rings (SSSR count). The summed E-state index contributed by atoms with van der Waals surface area (Å²) in [5, 5.41) is 12.7. The Kier molecular flexibility index (Phi) is 2.21. The Morgan fingerprint density at radius 2 is 2.29 bits per heavy atom. The second-order valence-corrected chi connectivity index (χ2v) is 5.64. The van der Waals surface area contributed by atoms with Gasteiger partial charge in [0.15, 0.2) is 0 Å². The molecule has 3 heteroatoms. The summed E-state index contributed by atoms with van der Waals surface area (Å²) in [7, 11) is 0.